The van der Waals surface area contributed by atoms with Crippen LogP contribution in [0.4, 0.5) is 4.39 Å². The summed E-state index contributed by atoms with van der Waals surface area (Å²) in [6.45, 7) is 2.15. The van der Waals surface area contributed by atoms with E-state index in [0.717, 1.165) is 0 Å². The highest BCUT2D eigenvalue weighted by molar-refractivity contribution is 5.94. The molecule has 0 heterocycles. The van der Waals surface area contributed by atoms with E-state index in [1.54, 1.807) is 20.8 Å². The average molecular weight is 672 g/mol. The van der Waals surface area contributed by atoms with E-state index in [2.05, 4.69) is 9.68 Å². The number of allylic oxidation sites excluding steroid dienone is 4. The van der Waals surface area contributed by atoms with Gasteiger partial charge in [-0.25, -0.2) is 4.39 Å². The molecule has 47 heavy (non-hydrogen) atoms. The maximum atomic E-state index is 17.3. The van der Waals surface area contributed by atoms with E-state index in [0.29, 0.717) is 5.57 Å². The van der Waals surface area contributed by atoms with Crippen LogP contribution in [0, 0.1) is 48.8 Å². The summed E-state index contributed by atoms with van der Waals surface area (Å²) in [5, 5.41) is 41.8. The van der Waals surface area contributed by atoms with Gasteiger partial charge < -0.3 is 35.1 Å². The number of nitrogens with two attached hydrogens (primary N) is 1. The Bertz CT molecular complexity index is 1410. The molecule has 4 aliphatic carbocycles. The predicted octanol–water partition coefficient (Wildman–Crippen LogP) is 0.492. The van der Waals surface area contributed by atoms with Crippen molar-refractivity contribution in [2.75, 3.05) is 19.8 Å². The van der Waals surface area contributed by atoms with Crippen molar-refractivity contribution in [2.24, 2.45) is 34.3 Å². The normalized spacial score (nSPS) is 36.8. The van der Waals surface area contributed by atoms with Gasteiger partial charge in [0.25, 0.3) is 10.2 Å². The molecule has 260 valence electrons. The van der Waals surface area contributed by atoms with Crippen molar-refractivity contribution >= 4 is 23.5 Å². The second-order valence-corrected chi connectivity index (χ2v) is 13.2. The molecular weight excluding hydrogens is 633 g/mol. The molecule has 0 bridgehead atoms. The van der Waals surface area contributed by atoms with Crippen LogP contribution < -0.4 is 5.73 Å². The molecule has 0 aromatic carbocycles. The van der Waals surface area contributed by atoms with E-state index in [1.165, 1.54) is 12.2 Å². The molecule has 4 rings (SSSR count). The summed E-state index contributed by atoms with van der Waals surface area (Å²) in [5.41, 5.74) is -0.614. The predicted molar refractivity (Wildman–Crippen MR) is 152 cm³/mol. The number of alkyl halides is 1. The quantitative estimate of drug-likeness (QED) is 0.104. The number of carbonyl (C=O) groups excluding carboxylic acids is 4. The van der Waals surface area contributed by atoms with E-state index in [4.69, 9.17) is 15.2 Å². The first-order valence-corrected chi connectivity index (χ1v) is 15.0. The van der Waals surface area contributed by atoms with Crippen molar-refractivity contribution in [3.63, 3.8) is 0 Å². The van der Waals surface area contributed by atoms with Gasteiger partial charge >= 0.3 is 11.9 Å². The molecular formula is C29H38FN3O14. The smallest absolute Gasteiger partial charge is 0.323 e. The Hall–Kier alpha value is -4.03. The zero-order valence-corrected chi connectivity index (χ0v) is 26.0. The van der Waals surface area contributed by atoms with E-state index in [1.807, 2.05) is 6.08 Å². The van der Waals surface area contributed by atoms with Crippen LogP contribution in [0.15, 0.2) is 23.8 Å². The standard InChI is InChI=1S/C29H38FN3O14/c1-15-8-20-19-5-4-16-9-17(34)6-7-26(16,2)28(19,30)22(35)11-27(20,3)29(15,39)23(36)14-44-24(37)10-21(31)25(38)45-12-18(47-33(42)43)13-46-32(40)41/h4,6-7,15,18-22,35,39H,5,8-14,31H2,1-3H3/t15-,18?,19+,20+,21?,22+,26+,27+,28+,29+/m1/s1. The molecule has 4 N–H and O–H groups in total. The van der Waals surface area contributed by atoms with Gasteiger partial charge in [0.15, 0.2) is 24.2 Å². The second kappa shape index (κ2) is 12.9. The van der Waals surface area contributed by atoms with Crippen LogP contribution in [-0.4, -0.2) is 93.2 Å². The van der Waals surface area contributed by atoms with Crippen LogP contribution >= 0.6 is 0 Å². The monoisotopic (exact) mass is 671 g/mol. The molecule has 0 aromatic heterocycles. The number of esters is 2. The molecule has 0 aromatic rings. The maximum absolute atomic E-state index is 17.3. The van der Waals surface area contributed by atoms with Crippen molar-refractivity contribution in [1.82, 2.24) is 0 Å². The van der Waals surface area contributed by atoms with E-state index in [9.17, 15) is 49.6 Å². The number of nitrogens with zero attached hydrogens (tertiary/aromatic N) is 2. The zero-order chi connectivity index (χ0) is 35.1. The lowest BCUT2D eigenvalue weighted by atomic mass is 9.45. The van der Waals surface area contributed by atoms with Gasteiger partial charge in [0.05, 0.1) is 12.5 Å². The van der Waals surface area contributed by atoms with Crippen molar-refractivity contribution in [3.8, 4) is 0 Å². The summed E-state index contributed by atoms with van der Waals surface area (Å²) in [7, 11) is 0. The summed E-state index contributed by atoms with van der Waals surface area (Å²) in [6.07, 6.45) is 0.771. The molecule has 18 heteroatoms. The van der Waals surface area contributed by atoms with Crippen LogP contribution in [0.1, 0.15) is 52.9 Å². The van der Waals surface area contributed by atoms with Crippen molar-refractivity contribution in [3.05, 3.63) is 44.0 Å². The lowest BCUT2D eigenvalue weighted by molar-refractivity contribution is -0.790. The molecule has 2 fully saturated rings. The highest BCUT2D eigenvalue weighted by Crippen LogP contribution is 2.70. The van der Waals surface area contributed by atoms with Crippen molar-refractivity contribution < 1.29 is 63.1 Å². The number of rotatable bonds is 13. The Labute approximate surface area is 267 Å². The Morgan fingerprint density at radius 3 is 2.47 bits per heavy atom. The largest absolute Gasteiger partial charge is 0.462 e. The molecule has 2 saturated carbocycles. The van der Waals surface area contributed by atoms with Crippen molar-refractivity contribution in [2.45, 2.75) is 82.4 Å². The lowest BCUT2D eigenvalue weighted by Gasteiger charge is -2.62. The highest BCUT2D eigenvalue weighted by Gasteiger charge is 2.75. The van der Waals surface area contributed by atoms with Gasteiger partial charge in [-0.05, 0) is 44.1 Å². The van der Waals surface area contributed by atoms with E-state index in [-0.39, 0.29) is 31.5 Å². The van der Waals surface area contributed by atoms with Gasteiger partial charge in [-0.3, -0.25) is 19.2 Å². The number of halogens is 1. The Morgan fingerprint density at radius 2 is 1.83 bits per heavy atom. The summed E-state index contributed by atoms with van der Waals surface area (Å²) in [4.78, 5) is 79.3. The first-order chi connectivity index (χ1) is 21.8. The number of ketones is 2. The molecule has 0 saturated heterocycles. The molecule has 4 aliphatic rings. The molecule has 0 aliphatic heterocycles. The number of carbonyl (C=O) groups is 4. The Kier molecular flexibility index (Phi) is 9.81. The number of hydrogen-bond donors (Lipinski definition) is 3. The first kappa shape index (κ1) is 35.8. The minimum atomic E-state index is -2.17. The third-order valence-electron chi connectivity index (χ3n) is 10.7. The first-order valence-electron chi connectivity index (χ1n) is 15.0. The van der Waals surface area contributed by atoms with Gasteiger partial charge in [0.2, 0.25) is 5.78 Å². The van der Waals surface area contributed by atoms with E-state index < -0.39 is 112 Å². The zero-order valence-electron chi connectivity index (χ0n) is 26.0. The average Bonchev–Trinajstić information content (AvgIpc) is 3.19. The van der Waals surface area contributed by atoms with Gasteiger partial charge in [0, 0.05) is 23.2 Å². The van der Waals surface area contributed by atoms with Crippen LogP contribution in [-0.2, 0) is 38.3 Å². The number of aliphatic hydroxyl groups excluding tert-OH is 1. The number of fused-ring (bicyclic) bond motifs is 5. The van der Waals surface area contributed by atoms with Crippen LogP contribution in [0.3, 0.4) is 0 Å². The summed E-state index contributed by atoms with van der Waals surface area (Å²) < 4.78 is 27.1. The fourth-order valence-corrected chi connectivity index (χ4v) is 8.28. The molecule has 0 amide bonds. The molecule has 2 unspecified atom stereocenters. The third kappa shape index (κ3) is 6.09. The van der Waals surface area contributed by atoms with Gasteiger partial charge in [-0.1, -0.05) is 31.6 Å². The summed E-state index contributed by atoms with van der Waals surface area (Å²) in [6, 6.07) is -1.67. The third-order valence-corrected chi connectivity index (χ3v) is 10.7. The van der Waals surface area contributed by atoms with Crippen molar-refractivity contribution in [1.29, 1.82) is 0 Å². The second-order valence-electron chi connectivity index (χ2n) is 13.2. The SMILES string of the molecule is C[C@@H]1C[C@H]2[C@@H]3CC=C4CC(=O)C=C[C@]4(C)[C@@]3(F)[C@@H](O)C[C@]2(C)[C@@]1(O)C(=O)COC(=O)CC(N)C(=O)OCC(CO[N+](=O)[O-])O[N+](=O)[O-]. The molecule has 0 radical (unpaired) electrons. The fourth-order valence-electron chi connectivity index (χ4n) is 8.28. The maximum Gasteiger partial charge on any atom is 0.323 e. The number of aliphatic hydroxyl groups is 2. The molecule has 0 spiro atoms. The minimum Gasteiger partial charge on any atom is -0.462 e. The topological polar surface area (TPSA) is 258 Å². The van der Waals surface area contributed by atoms with Gasteiger partial charge in [0.1, 0.15) is 24.9 Å². The van der Waals surface area contributed by atoms with Crippen LogP contribution in [0.5, 0.6) is 0 Å². The summed E-state index contributed by atoms with van der Waals surface area (Å²) in [5.74, 6) is -5.49. The van der Waals surface area contributed by atoms with Crippen LogP contribution in [0.2, 0.25) is 0 Å². The lowest BCUT2D eigenvalue weighted by Crippen LogP contribution is -2.69. The minimum absolute atomic E-state index is 0.0427. The van der Waals surface area contributed by atoms with Crippen LogP contribution in [0.25, 0.3) is 0 Å². The Morgan fingerprint density at radius 1 is 1.15 bits per heavy atom. The van der Waals surface area contributed by atoms with Gasteiger partial charge in [-0.2, -0.15) is 0 Å². The molecule has 17 nitrogen and oxygen atoms in total. The van der Waals surface area contributed by atoms with Gasteiger partial charge in [-0.15, -0.1) is 20.2 Å². The Balaban J connectivity index is 1.39. The number of ether oxygens (including phenoxy) is 2. The number of Topliss-reactive ketones (excluding diaryl/α,β-unsaturated/α-hetero) is 1. The number of hydrogen-bond acceptors (Lipinski definition) is 15. The fraction of sp³-hybridized carbons (Fsp3) is 0.724. The molecule has 10 atom stereocenters. The highest BCUT2D eigenvalue weighted by atomic mass is 19.1. The summed E-state index contributed by atoms with van der Waals surface area (Å²) >= 11 is 0. The van der Waals surface area contributed by atoms with E-state index >= 15 is 4.39 Å².